The van der Waals surface area contributed by atoms with Crippen LogP contribution in [0, 0.1) is 29.6 Å². The Hall–Kier alpha value is -2.50. The molecule has 0 unspecified atom stereocenters. The molecule has 1 aromatic carbocycles. The van der Waals surface area contributed by atoms with Crippen molar-refractivity contribution in [2.45, 2.75) is 6.92 Å². The van der Waals surface area contributed by atoms with Gasteiger partial charge >= 0.3 is 0 Å². The second-order valence-electron chi connectivity index (χ2n) is 3.53. The summed E-state index contributed by atoms with van der Waals surface area (Å²) in [5.41, 5.74) is 3.53. The fourth-order valence-corrected chi connectivity index (χ4v) is 1.76. The Morgan fingerprint density at radius 2 is 2.06 bits per heavy atom. The Morgan fingerprint density at radius 3 is 2.72 bits per heavy atom. The van der Waals surface area contributed by atoms with Crippen molar-refractivity contribution in [3.63, 3.8) is 0 Å². The Bertz CT molecular complexity index is 702. The number of aryl methyl sites for hydroxylation is 1. The van der Waals surface area contributed by atoms with Gasteiger partial charge in [0.2, 0.25) is 5.71 Å². The third-order valence-corrected chi connectivity index (χ3v) is 2.48. The molecule has 0 saturated carbocycles. The zero-order valence-electron chi connectivity index (χ0n) is 9.36. The number of furan rings is 1. The first-order valence-corrected chi connectivity index (χ1v) is 5.35. The van der Waals surface area contributed by atoms with Crippen LogP contribution < -0.4 is 5.43 Å². The number of hydrogen-bond donors (Lipinski definition) is 1. The summed E-state index contributed by atoms with van der Waals surface area (Å²) >= 11 is 6.05. The van der Waals surface area contributed by atoms with Crippen LogP contribution in [-0.2, 0) is 0 Å². The normalized spacial score (nSPS) is 9.56. The van der Waals surface area contributed by atoms with Crippen LogP contribution >= 0.6 is 11.6 Å². The molecule has 1 heterocycles. The molecule has 2 aromatic rings. The first kappa shape index (κ1) is 12.0. The second kappa shape index (κ2) is 4.79. The minimum atomic E-state index is -0.255. The lowest BCUT2D eigenvalue weighted by atomic mass is 10.2. The molecule has 88 valence electrons. The predicted octanol–water partition coefficient (Wildman–Crippen LogP) is 3.21. The second-order valence-corrected chi connectivity index (χ2v) is 3.94. The summed E-state index contributed by atoms with van der Waals surface area (Å²) in [6.07, 6.45) is 0. The minimum absolute atomic E-state index is 0.255. The van der Waals surface area contributed by atoms with Crippen LogP contribution in [0.15, 0.2) is 27.7 Å². The SMILES string of the molecule is Cc1cc2cc(NN=C(C#N)C#N)cc(Cl)c2o1. The highest BCUT2D eigenvalue weighted by molar-refractivity contribution is 6.35. The minimum Gasteiger partial charge on any atom is -0.460 e. The zero-order chi connectivity index (χ0) is 13.1. The summed E-state index contributed by atoms with van der Waals surface area (Å²) in [6, 6.07) is 8.53. The zero-order valence-corrected chi connectivity index (χ0v) is 10.1. The van der Waals surface area contributed by atoms with Gasteiger partial charge in [0.25, 0.3) is 0 Å². The quantitative estimate of drug-likeness (QED) is 0.662. The molecule has 0 bridgehead atoms. The van der Waals surface area contributed by atoms with Crippen LogP contribution in [-0.4, -0.2) is 5.71 Å². The van der Waals surface area contributed by atoms with E-state index in [-0.39, 0.29) is 5.71 Å². The third kappa shape index (κ3) is 2.27. The van der Waals surface area contributed by atoms with Crippen molar-refractivity contribution in [2.75, 3.05) is 5.43 Å². The van der Waals surface area contributed by atoms with Crippen LogP contribution in [0.5, 0.6) is 0 Å². The monoisotopic (exact) mass is 258 g/mol. The Balaban J connectivity index is 2.39. The van der Waals surface area contributed by atoms with Gasteiger partial charge in [-0.1, -0.05) is 11.6 Å². The van der Waals surface area contributed by atoms with E-state index in [0.29, 0.717) is 16.3 Å². The average molecular weight is 259 g/mol. The molecule has 0 aliphatic heterocycles. The number of hydrazone groups is 1. The molecule has 1 N–H and O–H groups in total. The molecule has 0 atom stereocenters. The molecule has 6 heteroatoms. The van der Waals surface area contributed by atoms with Gasteiger partial charge in [-0.2, -0.15) is 15.6 Å². The van der Waals surface area contributed by atoms with E-state index in [9.17, 15) is 0 Å². The molecule has 1 aromatic heterocycles. The maximum absolute atomic E-state index is 8.55. The number of nitrogens with zero attached hydrogens (tertiary/aromatic N) is 3. The summed E-state index contributed by atoms with van der Waals surface area (Å²) in [6.45, 7) is 1.82. The van der Waals surface area contributed by atoms with Crippen LogP contribution in [0.1, 0.15) is 5.76 Å². The molecule has 0 radical (unpaired) electrons. The van der Waals surface area contributed by atoms with Gasteiger partial charge < -0.3 is 4.42 Å². The van der Waals surface area contributed by atoms with Crippen molar-refractivity contribution in [2.24, 2.45) is 5.10 Å². The van der Waals surface area contributed by atoms with E-state index in [1.165, 1.54) is 0 Å². The van der Waals surface area contributed by atoms with Crippen molar-refractivity contribution in [1.82, 2.24) is 0 Å². The van der Waals surface area contributed by atoms with E-state index >= 15 is 0 Å². The summed E-state index contributed by atoms with van der Waals surface area (Å²) in [4.78, 5) is 0. The van der Waals surface area contributed by atoms with Crippen molar-refractivity contribution in [3.8, 4) is 12.1 Å². The van der Waals surface area contributed by atoms with Gasteiger partial charge in [-0.25, -0.2) is 0 Å². The van der Waals surface area contributed by atoms with Crippen molar-refractivity contribution in [1.29, 1.82) is 10.5 Å². The number of anilines is 1. The first-order valence-electron chi connectivity index (χ1n) is 4.97. The van der Waals surface area contributed by atoms with Gasteiger partial charge in [-0.3, -0.25) is 5.43 Å². The van der Waals surface area contributed by atoms with Crippen LogP contribution in [0.25, 0.3) is 11.0 Å². The number of halogens is 1. The van der Waals surface area contributed by atoms with E-state index in [4.69, 9.17) is 26.5 Å². The Kier molecular flexibility index (Phi) is 3.18. The molecular formula is C12H7ClN4O. The third-order valence-electron chi connectivity index (χ3n) is 2.20. The summed E-state index contributed by atoms with van der Waals surface area (Å²) < 4.78 is 5.42. The molecule has 0 amide bonds. The van der Waals surface area contributed by atoms with E-state index in [1.54, 1.807) is 24.3 Å². The lowest BCUT2D eigenvalue weighted by molar-refractivity contribution is 0.579. The van der Waals surface area contributed by atoms with E-state index < -0.39 is 0 Å². The number of hydrogen-bond acceptors (Lipinski definition) is 5. The molecule has 0 aliphatic rings. The smallest absolute Gasteiger partial charge is 0.237 e. The predicted molar refractivity (Wildman–Crippen MR) is 68.2 cm³/mol. The number of nitriles is 2. The highest BCUT2D eigenvalue weighted by atomic mass is 35.5. The van der Waals surface area contributed by atoms with E-state index in [2.05, 4.69) is 10.5 Å². The molecule has 0 spiro atoms. The van der Waals surface area contributed by atoms with Crippen LogP contribution in [0.4, 0.5) is 5.69 Å². The molecule has 5 nitrogen and oxygen atoms in total. The Morgan fingerprint density at radius 1 is 1.33 bits per heavy atom. The van der Waals surface area contributed by atoms with E-state index in [1.807, 2.05) is 13.0 Å². The maximum atomic E-state index is 8.55. The number of benzene rings is 1. The molecule has 0 aliphatic carbocycles. The van der Waals surface area contributed by atoms with Gasteiger partial charge in [0, 0.05) is 5.39 Å². The van der Waals surface area contributed by atoms with Crippen LogP contribution in [0.2, 0.25) is 5.02 Å². The highest BCUT2D eigenvalue weighted by Gasteiger charge is 2.07. The number of rotatable bonds is 2. The van der Waals surface area contributed by atoms with Gasteiger partial charge in [0.15, 0.2) is 5.58 Å². The lowest BCUT2D eigenvalue weighted by Crippen LogP contribution is -1.96. The fraction of sp³-hybridized carbons (Fsp3) is 0.0833. The van der Waals surface area contributed by atoms with Gasteiger partial charge in [0.1, 0.15) is 17.9 Å². The Labute approximate surface area is 108 Å². The molecule has 0 fully saturated rings. The summed E-state index contributed by atoms with van der Waals surface area (Å²) in [5.74, 6) is 0.752. The summed E-state index contributed by atoms with van der Waals surface area (Å²) in [5, 5.41) is 22.0. The average Bonchev–Trinajstić information content (AvgIpc) is 2.72. The standard InChI is InChI=1S/C12H7ClN4O/c1-7-2-8-3-9(4-11(13)12(8)18-7)16-17-10(5-14)6-15/h2-4,16H,1H3. The van der Waals surface area contributed by atoms with E-state index in [0.717, 1.165) is 11.1 Å². The maximum Gasteiger partial charge on any atom is 0.237 e. The van der Waals surface area contributed by atoms with Gasteiger partial charge in [-0.05, 0) is 25.1 Å². The molecule has 18 heavy (non-hydrogen) atoms. The topological polar surface area (TPSA) is 85.1 Å². The number of nitrogens with one attached hydrogen (secondary N) is 1. The van der Waals surface area contributed by atoms with Crippen molar-refractivity contribution < 1.29 is 4.42 Å². The van der Waals surface area contributed by atoms with Crippen molar-refractivity contribution in [3.05, 3.63) is 29.0 Å². The molecule has 0 saturated heterocycles. The van der Waals surface area contributed by atoms with Crippen molar-refractivity contribution >= 4 is 34.0 Å². The largest absolute Gasteiger partial charge is 0.460 e. The fourth-order valence-electron chi connectivity index (χ4n) is 1.50. The molecular weight excluding hydrogens is 252 g/mol. The van der Waals surface area contributed by atoms with Gasteiger partial charge in [-0.15, -0.1) is 0 Å². The number of fused-ring (bicyclic) bond motifs is 1. The first-order chi connectivity index (χ1) is 8.63. The van der Waals surface area contributed by atoms with Gasteiger partial charge in [0.05, 0.1) is 10.7 Å². The molecule has 2 rings (SSSR count). The highest BCUT2D eigenvalue weighted by Crippen LogP contribution is 2.30. The van der Waals surface area contributed by atoms with Crippen LogP contribution in [0.3, 0.4) is 0 Å². The lowest BCUT2D eigenvalue weighted by Gasteiger charge is -2.01. The summed E-state index contributed by atoms with van der Waals surface area (Å²) in [7, 11) is 0.